The van der Waals surface area contributed by atoms with Gasteiger partial charge in [-0.25, -0.2) is 4.79 Å². The van der Waals surface area contributed by atoms with Crippen LogP contribution >= 0.6 is 0 Å². The Morgan fingerprint density at radius 3 is 2.10 bits per heavy atom. The quantitative estimate of drug-likeness (QED) is 0.178. The fourth-order valence-electron chi connectivity index (χ4n) is 4.11. The average Bonchev–Trinajstić information content (AvgIpc) is 2.91. The monoisotopic (exact) mass is 529 g/mol. The highest BCUT2D eigenvalue weighted by Gasteiger charge is 2.23. The number of nitrogens with one attached hydrogen (secondary N) is 3. The van der Waals surface area contributed by atoms with Gasteiger partial charge in [-0.1, -0.05) is 38.1 Å². The third-order valence-corrected chi connectivity index (χ3v) is 6.29. The lowest BCUT2D eigenvalue weighted by atomic mass is 9.93. The van der Waals surface area contributed by atoms with Gasteiger partial charge in [0.25, 0.3) is 11.8 Å². The van der Waals surface area contributed by atoms with Crippen molar-refractivity contribution >= 4 is 29.3 Å². The van der Waals surface area contributed by atoms with Gasteiger partial charge in [-0.05, 0) is 73.6 Å². The molecule has 0 aliphatic carbocycles. The molecular formula is C30H35N5O4. The van der Waals surface area contributed by atoms with Gasteiger partial charge in [0.15, 0.2) is 0 Å². The molecular weight excluding hydrogens is 494 g/mol. The second kappa shape index (κ2) is 12.8. The number of esters is 1. The minimum Gasteiger partial charge on any atom is -0.465 e. The number of likely N-dealkylation sites (N-methyl/N-ethyl adjacent to an activating group) is 1. The van der Waals surface area contributed by atoms with Crippen molar-refractivity contribution in [3.05, 3.63) is 89.0 Å². The van der Waals surface area contributed by atoms with Crippen LogP contribution in [0.5, 0.6) is 0 Å². The highest BCUT2D eigenvalue weighted by Crippen LogP contribution is 2.30. The Labute approximate surface area is 228 Å². The van der Waals surface area contributed by atoms with E-state index in [-0.39, 0.29) is 35.2 Å². The summed E-state index contributed by atoms with van der Waals surface area (Å²) in [5.74, 6) is -1.17. The average molecular weight is 530 g/mol. The van der Waals surface area contributed by atoms with Crippen LogP contribution in [0.2, 0.25) is 0 Å². The molecule has 3 aromatic rings. The van der Waals surface area contributed by atoms with Crippen LogP contribution in [0.25, 0.3) is 11.1 Å². The van der Waals surface area contributed by atoms with Crippen LogP contribution in [0.15, 0.2) is 66.7 Å². The van der Waals surface area contributed by atoms with Crippen LogP contribution in [-0.4, -0.2) is 62.3 Å². The number of hydrogen-bond donors (Lipinski definition) is 4. The van der Waals surface area contributed by atoms with E-state index in [0.29, 0.717) is 40.0 Å². The first-order chi connectivity index (χ1) is 18.5. The number of amides is 2. The molecule has 0 spiro atoms. The number of methoxy groups -OCH3 is 1. The number of benzene rings is 3. The predicted octanol–water partition coefficient (Wildman–Crippen LogP) is 3.99. The number of nitrogens with zero attached hydrogens (tertiary/aromatic N) is 1. The molecule has 0 aromatic heterocycles. The maximum absolute atomic E-state index is 13.3. The molecule has 1 atom stereocenters. The molecule has 3 rings (SSSR count). The molecule has 5 N–H and O–H groups in total. The van der Waals surface area contributed by atoms with Gasteiger partial charge in [0, 0.05) is 35.0 Å². The maximum Gasteiger partial charge on any atom is 0.338 e. The van der Waals surface area contributed by atoms with E-state index in [1.807, 2.05) is 32.8 Å². The van der Waals surface area contributed by atoms with Gasteiger partial charge in [0.05, 0.1) is 12.7 Å². The zero-order valence-electron chi connectivity index (χ0n) is 22.9. The molecule has 1 unspecified atom stereocenters. The molecule has 0 aliphatic rings. The largest absolute Gasteiger partial charge is 0.465 e. The highest BCUT2D eigenvalue weighted by atomic mass is 16.5. The number of carbonyl (C=O) groups is 3. The van der Waals surface area contributed by atoms with Gasteiger partial charge in [-0.15, -0.1) is 0 Å². The first kappa shape index (κ1) is 29.1. The zero-order chi connectivity index (χ0) is 28.7. The Kier molecular flexibility index (Phi) is 9.57. The Hall–Kier alpha value is -4.50. The van der Waals surface area contributed by atoms with Crippen molar-refractivity contribution in [2.45, 2.75) is 19.9 Å². The van der Waals surface area contributed by atoms with Crippen LogP contribution < -0.4 is 16.4 Å². The van der Waals surface area contributed by atoms with Gasteiger partial charge in [0.1, 0.15) is 5.84 Å². The molecule has 9 heteroatoms. The topological polar surface area (TPSA) is 138 Å². The molecule has 0 radical (unpaired) electrons. The molecule has 0 saturated carbocycles. The summed E-state index contributed by atoms with van der Waals surface area (Å²) >= 11 is 0. The number of nitrogens with two attached hydrogens (primary N) is 1. The molecule has 0 aliphatic heterocycles. The number of anilines is 1. The third kappa shape index (κ3) is 7.30. The molecule has 0 heterocycles. The molecule has 9 nitrogen and oxygen atoms in total. The Bertz CT molecular complexity index is 1370. The fourth-order valence-corrected chi connectivity index (χ4v) is 4.11. The lowest BCUT2D eigenvalue weighted by molar-refractivity contribution is 0.0601. The number of carbonyl (C=O) groups excluding carboxylic acids is 3. The summed E-state index contributed by atoms with van der Waals surface area (Å²) < 4.78 is 5.03. The van der Waals surface area contributed by atoms with Crippen molar-refractivity contribution in [1.82, 2.24) is 10.2 Å². The Morgan fingerprint density at radius 1 is 0.897 bits per heavy atom. The van der Waals surface area contributed by atoms with Crippen LogP contribution in [0.4, 0.5) is 5.69 Å². The van der Waals surface area contributed by atoms with Gasteiger partial charge in [-0.2, -0.15) is 0 Å². The lowest BCUT2D eigenvalue weighted by Crippen LogP contribution is -2.45. The molecule has 0 fully saturated rings. The van der Waals surface area contributed by atoms with Crippen molar-refractivity contribution in [2.75, 3.05) is 33.1 Å². The van der Waals surface area contributed by atoms with Crippen molar-refractivity contribution in [3.8, 4) is 11.1 Å². The van der Waals surface area contributed by atoms with Crippen molar-refractivity contribution in [1.29, 1.82) is 5.41 Å². The van der Waals surface area contributed by atoms with Gasteiger partial charge < -0.3 is 26.0 Å². The van der Waals surface area contributed by atoms with E-state index in [1.54, 1.807) is 60.7 Å². The van der Waals surface area contributed by atoms with E-state index >= 15 is 0 Å². The van der Waals surface area contributed by atoms with E-state index in [2.05, 4.69) is 10.6 Å². The summed E-state index contributed by atoms with van der Waals surface area (Å²) in [5, 5.41) is 13.4. The van der Waals surface area contributed by atoms with Crippen LogP contribution in [0.3, 0.4) is 0 Å². The van der Waals surface area contributed by atoms with E-state index in [1.165, 1.54) is 13.2 Å². The smallest absolute Gasteiger partial charge is 0.338 e. The molecule has 0 bridgehead atoms. The minimum atomic E-state index is -0.622. The Morgan fingerprint density at radius 2 is 1.51 bits per heavy atom. The summed E-state index contributed by atoms with van der Waals surface area (Å²) in [4.78, 5) is 41.2. The molecule has 39 heavy (non-hydrogen) atoms. The van der Waals surface area contributed by atoms with E-state index in [9.17, 15) is 14.4 Å². The number of nitrogen functional groups attached to an aromatic ring is 1. The SMILES string of the molecule is COC(=O)c1cc(C(=O)NC(CN(C)C)C(C)C)ccc1-c1ccccc1C(=O)Nc1ccc(C(=N)N)cc1. The fraction of sp³-hybridized carbons (Fsp3) is 0.267. The van der Waals surface area contributed by atoms with Gasteiger partial charge in [-0.3, -0.25) is 15.0 Å². The van der Waals surface area contributed by atoms with E-state index in [4.69, 9.17) is 15.9 Å². The molecule has 0 saturated heterocycles. The molecule has 2 amide bonds. The van der Waals surface area contributed by atoms with Gasteiger partial charge >= 0.3 is 5.97 Å². The third-order valence-electron chi connectivity index (χ3n) is 6.29. The zero-order valence-corrected chi connectivity index (χ0v) is 22.9. The Balaban J connectivity index is 1.96. The highest BCUT2D eigenvalue weighted by molar-refractivity contribution is 6.11. The first-order valence-corrected chi connectivity index (χ1v) is 12.5. The van der Waals surface area contributed by atoms with Crippen LogP contribution in [0, 0.1) is 11.3 Å². The normalized spacial score (nSPS) is 11.7. The summed E-state index contributed by atoms with van der Waals surface area (Å²) in [6.45, 7) is 4.75. The predicted molar refractivity (Wildman–Crippen MR) is 153 cm³/mol. The number of ether oxygens (including phenoxy) is 1. The van der Waals surface area contributed by atoms with Crippen LogP contribution in [-0.2, 0) is 4.74 Å². The number of amidine groups is 1. The second-order valence-corrected chi connectivity index (χ2v) is 9.83. The summed E-state index contributed by atoms with van der Waals surface area (Å²) in [5.41, 5.74) is 8.37. The molecule has 3 aromatic carbocycles. The summed E-state index contributed by atoms with van der Waals surface area (Å²) in [6, 6.07) is 18.2. The van der Waals surface area contributed by atoms with Crippen LogP contribution in [0.1, 0.15) is 50.5 Å². The van der Waals surface area contributed by atoms with Crippen molar-refractivity contribution in [3.63, 3.8) is 0 Å². The summed E-state index contributed by atoms with van der Waals surface area (Å²) in [7, 11) is 5.16. The van der Waals surface area contributed by atoms with Crippen molar-refractivity contribution < 1.29 is 19.1 Å². The molecule has 204 valence electrons. The maximum atomic E-state index is 13.3. The summed E-state index contributed by atoms with van der Waals surface area (Å²) in [6.07, 6.45) is 0. The van der Waals surface area contributed by atoms with E-state index < -0.39 is 5.97 Å². The second-order valence-electron chi connectivity index (χ2n) is 9.83. The lowest BCUT2D eigenvalue weighted by Gasteiger charge is -2.25. The minimum absolute atomic E-state index is 0.0666. The van der Waals surface area contributed by atoms with Gasteiger partial charge in [0.2, 0.25) is 0 Å². The first-order valence-electron chi connectivity index (χ1n) is 12.5. The number of rotatable bonds is 10. The standard InChI is InChI=1S/C30H35N5O4/c1-18(2)26(17-35(3)4)34-28(36)20-12-15-23(25(16-20)30(38)39-5)22-8-6-7-9-24(22)29(37)33-21-13-10-19(11-14-21)27(31)32/h6-16,18,26H,17H2,1-5H3,(H3,31,32)(H,33,37)(H,34,36). The van der Waals surface area contributed by atoms with Crippen molar-refractivity contribution in [2.24, 2.45) is 11.7 Å². The van der Waals surface area contributed by atoms with E-state index in [0.717, 1.165) is 0 Å². The number of hydrogen-bond acceptors (Lipinski definition) is 6.